The molecule has 0 aliphatic carbocycles. The molecule has 0 bridgehead atoms. The molecular weight excluding hydrogens is 996 g/mol. The van der Waals surface area contributed by atoms with E-state index in [0.717, 1.165) is 14.2 Å². The van der Waals surface area contributed by atoms with E-state index in [1.807, 2.05) is 0 Å². The predicted molar refractivity (Wildman–Crippen MR) is 96.7 cm³/mol. The Morgan fingerprint density at radius 2 is 0.433 bits per heavy atom. The van der Waals surface area contributed by atoms with Gasteiger partial charge in [0, 0.05) is 0 Å². The molecule has 0 aromatic carbocycles. The first-order valence-electron chi connectivity index (χ1n) is 12.0. The van der Waals surface area contributed by atoms with E-state index >= 15 is 0 Å². The summed E-state index contributed by atoms with van der Waals surface area (Å²) in [5.41, 5.74) is 0. The Bertz CT molecular complexity index is 1530. The van der Waals surface area contributed by atoms with Crippen molar-refractivity contribution in [2.45, 2.75) is 103 Å². The van der Waals surface area contributed by atoms with Crippen molar-refractivity contribution in [1.82, 2.24) is 0 Å². The van der Waals surface area contributed by atoms with Gasteiger partial charge in [0.2, 0.25) is 0 Å². The van der Waals surface area contributed by atoms with Gasteiger partial charge in [-0.25, -0.2) is 0 Å². The number of carbonyl (C=O) groups is 1. The van der Waals surface area contributed by atoms with E-state index in [-0.39, 0.29) is 0 Å². The van der Waals surface area contributed by atoms with Gasteiger partial charge in [0.05, 0.1) is 0 Å². The molecule has 0 unspecified atom stereocenters. The fourth-order valence-corrected chi connectivity index (χ4v) is 2.71. The van der Waals surface area contributed by atoms with E-state index in [1.54, 1.807) is 0 Å². The quantitative estimate of drug-likeness (QED) is 0.113. The molecule has 5 atom stereocenters. The molecule has 0 saturated carbocycles. The number of rotatable bonds is 16. The van der Waals surface area contributed by atoms with E-state index in [1.165, 1.54) is 0 Å². The third-order valence-corrected chi connectivity index (χ3v) is 5.64. The van der Waals surface area contributed by atoms with Crippen molar-refractivity contribution >= 4 is 6.04 Å². The lowest BCUT2D eigenvalue weighted by Crippen LogP contribution is -2.73. The highest BCUT2D eigenvalue weighted by molar-refractivity contribution is 5.77. The van der Waals surface area contributed by atoms with E-state index in [4.69, 9.17) is 0 Å². The first kappa shape index (κ1) is 57.0. The van der Waals surface area contributed by atoms with E-state index in [0.29, 0.717) is 9.47 Å². The van der Waals surface area contributed by atoms with Crippen LogP contribution in [0.3, 0.4) is 0 Å². The monoisotopic (exact) mass is 996 g/mol. The minimum atomic E-state index is -9.64. The molecule has 0 rings (SSSR count). The zero-order valence-electron chi connectivity index (χ0n) is 25.1. The number of alkyl halides is 35. The molecule has 0 fully saturated rings. The Balaban J connectivity index is 8.02. The Morgan fingerprint density at radius 1 is 0.250 bits per heavy atom. The van der Waals surface area contributed by atoms with E-state index < -0.39 is 109 Å². The highest BCUT2D eigenvalue weighted by atomic mass is 19.5. The van der Waals surface area contributed by atoms with Crippen LogP contribution in [0.5, 0.6) is 0 Å². The number of hydrogen-bond donors (Lipinski definition) is 0. The maximum atomic E-state index is 14.5. The molecule has 0 heterocycles. The van der Waals surface area contributed by atoms with Crippen LogP contribution in [0.25, 0.3) is 0 Å². The zero-order valence-corrected chi connectivity index (χ0v) is 25.1. The summed E-state index contributed by atoms with van der Waals surface area (Å²) in [6, 6.07) is -5.29. The molecule has 0 aromatic rings. The van der Waals surface area contributed by atoms with Crippen molar-refractivity contribution in [3.05, 3.63) is 0 Å². The number of carbonyl (C=O) groups excluding carboxylic acids is 1. The van der Waals surface area contributed by atoms with Gasteiger partial charge in [0.15, 0.2) is 0 Å². The molecule has 0 aromatic heterocycles. The molecule has 360 valence electrons. The zero-order chi connectivity index (χ0) is 49.6. The second-order valence-corrected chi connectivity index (χ2v) is 9.91. The molecule has 0 spiro atoms. The smallest absolute Gasteiger partial charge is 0.263 e. The van der Waals surface area contributed by atoms with Crippen molar-refractivity contribution in [1.29, 1.82) is 0 Å². The lowest BCUT2D eigenvalue weighted by atomic mass is 10.2. The molecular formula is C18F36O6. The van der Waals surface area contributed by atoms with Crippen molar-refractivity contribution in [3.8, 4) is 0 Å². The van der Waals surface area contributed by atoms with Crippen LogP contribution >= 0.6 is 0 Å². The third-order valence-electron chi connectivity index (χ3n) is 5.64. The lowest BCUT2D eigenvalue weighted by Gasteiger charge is -2.44. The summed E-state index contributed by atoms with van der Waals surface area (Å²) in [6.07, 6.45) is -98.7. The van der Waals surface area contributed by atoms with Crippen LogP contribution in [-0.4, -0.2) is 109 Å². The number of hydrogen-bond acceptors (Lipinski definition) is 6. The van der Waals surface area contributed by atoms with Crippen LogP contribution in [0, 0.1) is 0 Å². The highest BCUT2D eigenvalue weighted by Gasteiger charge is 2.91. The molecule has 6 nitrogen and oxygen atoms in total. The predicted octanol–water partition coefficient (Wildman–Crippen LogP) is 10.9. The Kier molecular flexibility index (Phi) is 14.0. The van der Waals surface area contributed by atoms with Gasteiger partial charge in [-0.05, 0) is 0 Å². The topological polar surface area (TPSA) is 63.2 Å². The van der Waals surface area contributed by atoms with Gasteiger partial charge in [-0.1, -0.05) is 0 Å². The maximum Gasteiger partial charge on any atom is 0.462 e. The number of ether oxygens (including phenoxy) is 5. The first-order valence-corrected chi connectivity index (χ1v) is 12.0. The van der Waals surface area contributed by atoms with Gasteiger partial charge < -0.3 is 0 Å². The Morgan fingerprint density at radius 3 is 0.583 bits per heavy atom. The molecule has 0 radical (unpaired) electrons. The molecule has 0 saturated heterocycles. The van der Waals surface area contributed by atoms with Crippen molar-refractivity contribution in [2.75, 3.05) is 0 Å². The summed E-state index contributed by atoms with van der Waals surface area (Å²) in [5, 5.41) is 0. The van der Waals surface area contributed by atoms with E-state index in [9.17, 15) is 163 Å². The summed E-state index contributed by atoms with van der Waals surface area (Å²) in [4.78, 5) is 10.1. The standard InChI is InChI=1S/C18F36O6/c19-1(55)2(20,8(27,28)29)56-15(47,48)4(23,10(33,34)35)58-17(51,52)6(25,12(39,40)41)60-18(53,54)7(26,13(42,43)44)59-16(49,50)5(24,11(36,37)38)57-14(45,46)3(21,22)9(30,31)32/t2-,4+,5+,6+,7+/m1/s1. The second kappa shape index (κ2) is 14.8. The van der Waals surface area contributed by atoms with Gasteiger partial charge in [0.25, 0.3) is 0 Å². The molecule has 60 heavy (non-hydrogen) atoms. The van der Waals surface area contributed by atoms with Crippen LogP contribution in [0.15, 0.2) is 0 Å². The summed E-state index contributed by atoms with van der Waals surface area (Å²) in [6.45, 7) is 0. The largest absolute Gasteiger partial charge is 0.462 e. The minimum absolute atomic E-state index is 0.652. The number of halogens is 36. The Labute approximate surface area is 297 Å². The van der Waals surface area contributed by atoms with Crippen molar-refractivity contribution in [2.24, 2.45) is 0 Å². The van der Waals surface area contributed by atoms with Crippen LogP contribution in [0.1, 0.15) is 0 Å². The average molecular weight is 996 g/mol. The first-order chi connectivity index (χ1) is 25.2. The molecule has 42 heteroatoms. The van der Waals surface area contributed by atoms with Crippen molar-refractivity contribution in [3.63, 3.8) is 0 Å². The SMILES string of the molecule is O=C(F)[C@@](F)(OC(F)(F)[C@@](F)(OC(F)(F)[C@@](F)(OC(F)(F)[C@@](F)(OC(F)(F)[C@@](F)(OC(F)(F)C(F)(F)C(F)(F)F)C(F)(F)F)C(F)(F)F)C(F)(F)F)C(F)(F)F)C(F)(F)F. The molecule has 0 amide bonds. The highest BCUT2D eigenvalue weighted by Crippen LogP contribution is 2.62. The Hall–Kier alpha value is -3.05. The maximum absolute atomic E-state index is 14.5. The van der Waals surface area contributed by atoms with Crippen LogP contribution in [-0.2, 0) is 28.5 Å². The van der Waals surface area contributed by atoms with Crippen LogP contribution in [0.4, 0.5) is 158 Å². The minimum Gasteiger partial charge on any atom is -0.263 e. The lowest BCUT2D eigenvalue weighted by molar-refractivity contribution is -0.600. The van der Waals surface area contributed by atoms with Gasteiger partial charge in [-0.2, -0.15) is 158 Å². The van der Waals surface area contributed by atoms with E-state index in [2.05, 4.69) is 0 Å². The van der Waals surface area contributed by atoms with Gasteiger partial charge in [-0.15, -0.1) is 0 Å². The van der Waals surface area contributed by atoms with Crippen LogP contribution < -0.4 is 0 Å². The summed E-state index contributed by atoms with van der Waals surface area (Å²) in [7, 11) is 0. The normalized spacial score (nSPS) is 20.7. The van der Waals surface area contributed by atoms with Gasteiger partial charge in [0.1, 0.15) is 0 Å². The molecule has 0 aliphatic heterocycles. The van der Waals surface area contributed by atoms with Gasteiger partial charge >= 0.3 is 109 Å². The van der Waals surface area contributed by atoms with Gasteiger partial charge in [-0.3, -0.25) is 28.5 Å². The molecule has 0 aliphatic rings. The summed E-state index contributed by atoms with van der Waals surface area (Å²) >= 11 is 0. The van der Waals surface area contributed by atoms with Crippen LogP contribution in [0.2, 0.25) is 0 Å². The second-order valence-electron chi connectivity index (χ2n) is 9.91. The summed E-state index contributed by atoms with van der Waals surface area (Å²) in [5.74, 6) is -54.2. The fraction of sp³-hybridized carbons (Fsp3) is 0.944. The molecule has 0 N–H and O–H groups in total. The van der Waals surface area contributed by atoms with Crippen molar-refractivity contribution < 1.29 is 187 Å². The fourth-order valence-electron chi connectivity index (χ4n) is 2.71. The summed E-state index contributed by atoms with van der Waals surface area (Å²) < 4.78 is 483. The third kappa shape index (κ3) is 9.19. The average Bonchev–Trinajstić information content (AvgIpc) is 2.91.